The molecule has 0 radical (unpaired) electrons. The fourth-order valence-electron chi connectivity index (χ4n) is 2.22. The Labute approximate surface area is 109 Å². The molecule has 0 aromatic heterocycles. The number of hydrogen-bond donors (Lipinski definition) is 1. The van der Waals surface area contributed by atoms with Crippen molar-refractivity contribution in [3.63, 3.8) is 0 Å². The molecule has 1 saturated heterocycles. The molecule has 1 unspecified atom stereocenters. The van der Waals surface area contributed by atoms with Crippen molar-refractivity contribution >= 4 is 17.3 Å². The number of ether oxygens (including phenoxy) is 1. The molecule has 1 aliphatic rings. The van der Waals surface area contributed by atoms with Gasteiger partial charge in [0.1, 0.15) is 11.4 Å². The molecule has 1 atom stereocenters. The van der Waals surface area contributed by atoms with Gasteiger partial charge in [-0.25, -0.2) is 0 Å². The van der Waals surface area contributed by atoms with Crippen molar-refractivity contribution < 1.29 is 19.6 Å². The predicted octanol–water partition coefficient (Wildman–Crippen LogP) is 1.51. The summed E-state index contributed by atoms with van der Waals surface area (Å²) >= 11 is 0. The molecule has 1 aliphatic heterocycles. The Morgan fingerprint density at radius 1 is 1.58 bits per heavy atom. The van der Waals surface area contributed by atoms with Crippen molar-refractivity contribution in [2.24, 2.45) is 5.92 Å². The first-order chi connectivity index (χ1) is 9.02. The first-order valence-corrected chi connectivity index (χ1v) is 5.83. The second-order valence-electron chi connectivity index (χ2n) is 4.38. The van der Waals surface area contributed by atoms with E-state index in [2.05, 4.69) is 0 Å². The number of methoxy groups -OCH3 is 1. The highest BCUT2D eigenvalue weighted by atomic mass is 16.6. The van der Waals surface area contributed by atoms with Gasteiger partial charge in [0.25, 0.3) is 5.69 Å². The van der Waals surface area contributed by atoms with E-state index in [1.54, 1.807) is 17.0 Å². The van der Waals surface area contributed by atoms with E-state index in [4.69, 9.17) is 9.84 Å². The standard InChI is InChI=1S/C12H14N2O5/c1-19-9-2-3-10(11(6-9)14(17)18)13-5-4-8(7-13)12(15)16/h2-3,6,8H,4-5,7H2,1H3,(H,15,16). The van der Waals surface area contributed by atoms with Crippen molar-refractivity contribution in [1.29, 1.82) is 0 Å². The molecule has 2 rings (SSSR count). The Bertz CT molecular complexity index is 517. The molecule has 19 heavy (non-hydrogen) atoms. The molecule has 0 amide bonds. The van der Waals surface area contributed by atoms with Gasteiger partial charge in [-0.2, -0.15) is 0 Å². The van der Waals surface area contributed by atoms with Crippen molar-refractivity contribution in [2.75, 3.05) is 25.1 Å². The van der Waals surface area contributed by atoms with E-state index in [1.807, 2.05) is 0 Å². The van der Waals surface area contributed by atoms with Crippen LogP contribution in [0, 0.1) is 16.0 Å². The largest absolute Gasteiger partial charge is 0.496 e. The minimum absolute atomic E-state index is 0.0645. The van der Waals surface area contributed by atoms with E-state index in [-0.39, 0.29) is 5.69 Å². The van der Waals surface area contributed by atoms with Crippen LogP contribution < -0.4 is 9.64 Å². The summed E-state index contributed by atoms with van der Waals surface area (Å²) < 4.78 is 4.96. The first-order valence-electron chi connectivity index (χ1n) is 5.83. The van der Waals surface area contributed by atoms with Crippen molar-refractivity contribution in [2.45, 2.75) is 6.42 Å². The van der Waals surface area contributed by atoms with Gasteiger partial charge < -0.3 is 14.7 Å². The summed E-state index contributed by atoms with van der Waals surface area (Å²) in [6.07, 6.45) is 0.499. The molecule has 102 valence electrons. The monoisotopic (exact) mass is 266 g/mol. The van der Waals surface area contributed by atoms with Crippen LogP contribution in [-0.2, 0) is 4.79 Å². The number of hydrogen-bond acceptors (Lipinski definition) is 5. The number of nitrogens with zero attached hydrogens (tertiary/aromatic N) is 2. The molecular formula is C12H14N2O5. The number of rotatable bonds is 4. The summed E-state index contributed by atoms with van der Waals surface area (Å²) in [6.45, 7) is 0.798. The Morgan fingerprint density at radius 2 is 2.32 bits per heavy atom. The van der Waals surface area contributed by atoms with Crippen LogP contribution in [0.4, 0.5) is 11.4 Å². The van der Waals surface area contributed by atoms with Gasteiger partial charge in [0, 0.05) is 13.1 Å². The molecular weight excluding hydrogens is 252 g/mol. The lowest BCUT2D eigenvalue weighted by Crippen LogP contribution is -2.23. The lowest BCUT2D eigenvalue weighted by molar-refractivity contribution is -0.384. The minimum atomic E-state index is -0.862. The van der Waals surface area contributed by atoms with Crippen LogP contribution in [0.2, 0.25) is 0 Å². The smallest absolute Gasteiger partial charge is 0.308 e. The average Bonchev–Trinajstić information content (AvgIpc) is 2.87. The van der Waals surface area contributed by atoms with Crippen LogP contribution in [0.1, 0.15) is 6.42 Å². The SMILES string of the molecule is COc1ccc(N2CCC(C(=O)O)C2)c([N+](=O)[O-])c1. The Kier molecular flexibility index (Phi) is 3.55. The van der Waals surface area contributed by atoms with Crippen LogP contribution in [0.15, 0.2) is 18.2 Å². The van der Waals surface area contributed by atoms with E-state index >= 15 is 0 Å². The van der Waals surface area contributed by atoms with Gasteiger partial charge in [0.05, 0.1) is 24.0 Å². The quantitative estimate of drug-likeness (QED) is 0.656. The fraction of sp³-hybridized carbons (Fsp3) is 0.417. The number of benzene rings is 1. The van der Waals surface area contributed by atoms with Gasteiger partial charge >= 0.3 is 5.97 Å². The Balaban J connectivity index is 2.30. The maximum Gasteiger partial charge on any atom is 0.308 e. The van der Waals surface area contributed by atoms with Crippen LogP contribution >= 0.6 is 0 Å². The summed E-state index contributed by atoms with van der Waals surface area (Å²) in [7, 11) is 1.44. The molecule has 1 heterocycles. The van der Waals surface area contributed by atoms with E-state index in [0.717, 1.165) is 0 Å². The fourth-order valence-corrected chi connectivity index (χ4v) is 2.22. The van der Waals surface area contributed by atoms with Crippen LogP contribution in [-0.4, -0.2) is 36.2 Å². The maximum atomic E-state index is 11.1. The second-order valence-corrected chi connectivity index (χ2v) is 4.38. The molecule has 7 heteroatoms. The average molecular weight is 266 g/mol. The molecule has 1 fully saturated rings. The summed E-state index contributed by atoms with van der Waals surface area (Å²) in [5, 5.41) is 20.0. The van der Waals surface area contributed by atoms with Crippen molar-refractivity contribution in [3.05, 3.63) is 28.3 Å². The second kappa shape index (κ2) is 5.13. The van der Waals surface area contributed by atoms with Crippen molar-refractivity contribution in [1.82, 2.24) is 0 Å². The number of anilines is 1. The summed E-state index contributed by atoms with van der Waals surface area (Å²) in [5.74, 6) is -0.926. The molecule has 0 aliphatic carbocycles. The van der Waals surface area contributed by atoms with E-state index < -0.39 is 16.8 Å². The van der Waals surface area contributed by atoms with Gasteiger partial charge in [-0.05, 0) is 18.6 Å². The third-order valence-electron chi connectivity index (χ3n) is 3.26. The summed E-state index contributed by atoms with van der Waals surface area (Å²) in [5.41, 5.74) is 0.375. The lowest BCUT2D eigenvalue weighted by Gasteiger charge is -2.18. The summed E-state index contributed by atoms with van der Waals surface area (Å²) in [6, 6.07) is 4.58. The summed E-state index contributed by atoms with van der Waals surface area (Å²) in [4.78, 5) is 23.2. The highest BCUT2D eigenvalue weighted by Gasteiger charge is 2.31. The van der Waals surface area contributed by atoms with Gasteiger partial charge in [0.2, 0.25) is 0 Å². The highest BCUT2D eigenvalue weighted by Crippen LogP contribution is 2.34. The van der Waals surface area contributed by atoms with Gasteiger partial charge in [-0.1, -0.05) is 0 Å². The molecule has 7 nitrogen and oxygen atoms in total. The zero-order chi connectivity index (χ0) is 14.0. The van der Waals surface area contributed by atoms with Gasteiger partial charge in [-0.3, -0.25) is 14.9 Å². The van der Waals surface area contributed by atoms with E-state index in [9.17, 15) is 14.9 Å². The third-order valence-corrected chi connectivity index (χ3v) is 3.26. The molecule has 1 aromatic carbocycles. The molecule has 0 spiro atoms. The van der Waals surface area contributed by atoms with Gasteiger partial charge in [0.15, 0.2) is 0 Å². The lowest BCUT2D eigenvalue weighted by atomic mass is 10.1. The van der Waals surface area contributed by atoms with Crippen LogP contribution in [0.25, 0.3) is 0 Å². The van der Waals surface area contributed by atoms with Crippen LogP contribution in [0.5, 0.6) is 5.75 Å². The number of nitro benzene ring substituents is 1. The number of carboxylic acids is 1. The molecule has 1 N–H and O–H groups in total. The molecule has 1 aromatic rings. The van der Waals surface area contributed by atoms with Gasteiger partial charge in [-0.15, -0.1) is 0 Å². The normalized spacial score (nSPS) is 18.4. The number of nitro groups is 1. The predicted molar refractivity (Wildman–Crippen MR) is 67.6 cm³/mol. The zero-order valence-electron chi connectivity index (χ0n) is 10.4. The Morgan fingerprint density at radius 3 is 2.84 bits per heavy atom. The maximum absolute atomic E-state index is 11.1. The Hall–Kier alpha value is -2.31. The number of carboxylic acid groups (broad SMARTS) is 1. The van der Waals surface area contributed by atoms with E-state index in [1.165, 1.54) is 13.2 Å². The highest BCUT2D eigenvalue weighted by molar-refractivity contribution is 5.73. The minimum Gasteiger partial charge on any atom is -0.496 e. The molecule has 0 bridgehead atoms. The number of carbonyl (C=O) groups is 1. The topological polar surface area (TPSA) is 92.9 Å². The van der Waals surface area contributed by atoms with Crippen LogP contribution in [0.3, 0.4) is 0 Å². The number of aliphatic carboxylic acids is 1. The van der Waals surface area contributed by atoms with Crippen molar-refractivity contribution in [3.8, 4) is 5.75 Å². The zero-order valence-corrected chi connectivity index (χ0v) is 10.4. The first kappa shape index (κ1) is 13.1. The molecule has 0 saturated carbocycles. The van der Waals surface area contributed by atoms with E-state index in [0.29, 0.717) is 30.9 Å². The third kappa shape index (κ3) is 2.59.